The summed E-state index contributed by atoms with van der Waals surface area (Å²) in [7, 11) is 1.65. The van der Waals surface area contributed by atoms with Crippen LogP contribution in [-0.2, 0) is 6.54 Å². The monoisotopic (exact) mass is 289 g/mol. The van der Waals surface area contributed by atoms with E-state index in [1.54, 1.807) is 25.0 Å². The Labute approximate surface area is 123 Å². The second-order valence-corrected chi connectivity index (χ2v) is 4.89. The summed E-state index contributed by atoms with van der Waals surface area (Å²) in [5, 5.41) is 16.1. The van der Waals surface area contributed by atoms with E-state index in [2.05, 4.69) is 15.4 Å². The third-order valence-electron chi connectivity index (χ3n) is 2.95. The first-order valence-electron chi connectivity index (χ1n) is 6.67. The van der Waals surface area contributed by atoms with E-state index in [9.17, 15) is 9.90 Å². The topological polar surface area (TPSA) is 83.3 Å². The lowest BCUT2D eigenvalue weighted by Crippen LogP contribution is -2.40. The minimum Gasteiger partial charge on any atom is -0.392 e. The van der Waals surface area contributed by atoms with Gasteiger partial charge in [-0.25, -0.2) is 14.5 Å². The van der Waals surface area contributed by atoms with Crippen LogP contribution in [-0.4, -0.2) is 50.5 Å². The van der Waals surface area contributed by atoms with Gasteiger partial charge in [0.2, 0.25) is 0 Å². The van der Waals surface area contributed by atoms with Gasteiger partial charge < -0.3 is 15.3 Å². The molecule has 1 atom stereocenters. The van der Waals surface area contributed by atoms with Crippen LogP contribution in [0.5, 0.6) is 0 Å². The lowest BCUT2D eigenvalue weighted by atomic mass is 10.2. The van der Waals surface area contributed by atoms with Crippen LogP contribution >= 0.6 is 0 Å². The van der Waals surface area contributed by atoms with E-state index in [1.807, 2.05) is 24.3 Å². The first kappa shape index (κ1) is 15.0. The molecule has 0 aliphatic rings. The predicted octanol–water partition coefficient (Wildman–Crippen LogP) is 0.789. The van der Waals surface area contributed by atoms with E-state index in [-0.39, 0.29) is 6.03 Å². The van der Waals surface area contributed by atoms with Crippen LogP contribution in [0.1, 0.15) is 12.5 Å². The zero-order valence-corrected chi connectivity index (χ0v) is 12.1. The molecule has 2 N–H and O–H groups in total. The van der Waals surface area contributed by atoms with E-state index in [4.69, 9.17) is 0 Å². The Morgan fingerprint density at radius 2 is 2.14 bits per heavy atom. The SMILES string of the molecule is CC(O)CN(C)C(=O)NCc1ccc(-n2cncn2)cc1. The number of urea groups is 1. The summed E-state index contributed by atoms with van der Waals surface area (Å²) >= 11 is 0. The maximum absolute atomic E-state index is 11.8. The molecule has 7 heteroatoms. The minimum atomic E-state index is -0.539. The molecule has 0 bridgehead atoms. The Hall–Kier alpha value is -2.41. The van der Waals surface area contributed by atoms with Gasteiger partial charge in [0.15, 0.2) is 0 Å². The maximum Gasteiger partial charge on any atom is 0.317 e. The summed E-state index contributed by atoms with van der Waals surface area (Å²) in [6, 6.07) is 7.46. The van der Waals surface area contributed by atoms with Crippen LogP contribution in [0.4, 0.5) is 4.79 Å². The normalized spacial score (nSPS) is 12.0. The number of aliphatic hydroxyl groups excluding tert-OH is 1. The molecule has 1 aromatic heterocycles. The quantitative estimate of drug-likeness (QED) is 0.852. The fourth-order valence-electron chi connectivity index (χ4n) is 1.90. The van der Waals surface area contributed by atoms with Crippen LogP contribution in [0.15, 0.2) is 36.9 Å². The number of nitrogens with zero attached hydrogens (tertiary/aromatic N) is 4. The molecule has 1 unspecified atom stereocenters. The van der Waals surface area contributed by atoms with Crippen molar-refractivity contribution in [3.8, 4) is 5.69 Å². The molecule has 0 saturated heterocycles. The highest BCUT2D eigenvalue weighted by Gasteiger charge is 2.10. The number of hydrogen-bond acceptors (Lipinski definition) is 4. The second-order valence-electron chi connectivity index (χ2n) is 4.89. The molecule has 1 heterocycles. The molecule has 0 saturated carbocycles. The first-order chi connectivity index (χ1) is 10.1. The van der Waals surface area contributed by atoms with Crippen LogP contribution in [0.3, 0.4) is 0 Å². The van der Waals surface area contributed by atoms with Crippen molar-refractivity contribution in [2.24, 2.45) is 0 Å². The van der Waals surface area contributed by atoms with Gasteiger partial charge in [-0.15, -0.1) is 0 Å². The standard InChI is InChI=1S/C14H19N5O2/c1-11(20)8-18(2)14(21)16-7-12-3-5-13(6-4-12)19-10-15-9-17-19/h3-6,9-11,20H,7-8H2,1-2H3,(H,16,21). The number of amides is 2. The molecule has 0 aliphatic carbocycles. The Balaban J connectivity index is 1.88. The number of carbonyl (C=O) groups is 1. The lowest BCUT2D eigenvalue weighted by molar-refractivity contribution is 0.143. The zero-order chi connectivity index (χ0) is 15.2. The van der Waals surface area contributed by atoms with Crippen LogP contribution < -0.4 is 5.32 Å². The van der Waals surface area contributed by atoms with Crippen molar-refractivity contribution in [3.05, 3.63) is 42.5 Å². The maximum atomic E-state index is 11.8. The van der Waals surface area contributed by atoms with Crippen LogP contribution in [0, 0.1) is 0 Å². The van der Waals surface area contributed by atoms with Gasteiger partial charge in [0, 0.05) is 20.1 Å². The molecule has 1 aromatic carbocycles. The molecule has 0 aliphatic heterocycles. The highest BCUT2D eigenvalue weighted by Crippen LogP contribution is 2.07. The smallest absolute Gasteiger partial charge is 0.317 e. The highest BCUT2D eigenvalue weighted by atomic mass is 16.3. The van der Waals surface area contributed by atoms with Crippen molar-refractivity contribution >= 4 is 6.03 Å². The molecule has 0 spiro atoms. The number of aliphatic hydroxyl groups is 1. The summed E-state index contributed by atoms with van der Waals surface area (Å²) in [5.41, 5.74) is 1.89. The molecule has 21 heavy (non-hydrogen) atoms. The minimum absolute atomic E-state index is 0.212. The number of hydrogen-bond donors (Lipinski definition) is 2. The number of aromatic nitrogens is 3. The van der Waals surface area contributed by atoms with E-state index >= 15 is 0 Å². The summed E-state index contributed by atoms with van der Waals surface area (Å²) in [6.07, 6.45) is 2.57. The third-order valence-corrected chi connectivity index (χ3v) is 2.95. The fraction of sp³-hybridized carbons (Fsp3) is 0.357. The Bertz CT molecular complexity index is 566. The van der Waals surface area contributed by atoms with Gasteiger partial charge in [0.25, 0.3) is 0 Å². The highest BCUT2D eigenvalue weighted by molar-refractivity contribution is 5.73. The van der Waals surface area contributed by atoms with Crippen molar-refractivity contribution < 1.29 is 9.90 Å². The third kappa shape index (κ3) is 4.28. The molecule has 2 rings (SSSR count). The first-order valence-corrected chi connectivity index (χ1v) is 6.67. The lowest BCUT2D eigenvalue weighted by Gasteiger charge is -2.19. The van der Waals surface area contributed by atoms with Crippen molar-refractivity contribution in [1.29, 1.82) is 0 Å². The van der Waals surface area contributed by atoms with Gasteiger partial charge in [-0.3, -0.25) is 0 Å². The summed E-state index contributed by atoms with van der Waals surface area (Å²) in [6.45, 7) is 2.38. The molecule has 0 radical (unpaired) electrons. The molecular formula is C14H19N5O2. The fourth-order valence-corrected chi connectivity index (χ4v) is 1.90. The molecule has 112 valence electrons. The summed E-state index contributed by atoms with van der Waals surface area (Å²) < 4.78 is 1.67. The Morgan fingerprint density at radius 1 is 1.43 bits per heavy atom. The van der Waals surface area contributed by atoms with E-state index < -0.39 is 6.10 Å². The summed E-state index contributed by atoms with van der Waals surface area (Å²) in [5.74, 6) is 0. The van der Waals surface area contributed by atoms with Gasteiger partial charge in [-0.2, -0.15) is 5.10 Å². The number of nitrogens with one attached hydrogen (secondary N) is 1. The van der Waals surface area contributed by atoms with Crippen molar-refractivity contribution in [2.45, 2.75) is 19.6 Å². The van der Waals surface area contributed by atoms with Crippen molar-refractivity contribution in [3.63, 3.8) is 0 Å². The second kappa shape index (κ2) is 6.85. The van der Waals surface area contributed by atoms with Crippen molar-refractivity contribution in [2.75, 3.05) is 13.6 Å². The van der Waals surface area contributed by atoms with Crippen molar-refractivity contribution in [1.82, 2.24) is 25.0 Å². The number of carbonyl (C=O) groups excluding carboxylic acids is 1. The largest absolute Gasteiger partial charge is 0.392 e. The molecule has 0 fully saturated rings. The van der Waals surface area contributed by atoms with Gasteiger partial charge in [0.05, 0.1) is 11.8 Å². The number of rotatable bonds is 5. The van der Waals surface area contributed by atoms with Gasteiger partial charge in [0.1, 0.15) is 12.7 Å². The number of likely N-dealkylation sites (N-methyl/N-ethyl adjacent to an activating group) is 1. The van der Waals surface area contributed by atoms with Crippen LogP contribution in [0.25, 0.3) is 5.69 Å². The van der Waals surface area contributed by atoms with E-state index in [0.29, 0.717) is 13.1 Å². The Kier molecular flexibility index (Phi) is 4.89. The Morgan fingerprint density at radius 3 is 2.71 bits per heavy atom. The number of benzene rings is 1. The average molecular weight is 289 g/mol. The molecule has 7 nitrogen and oxygen atoms in total. The molecular weight excluding hydrogens is 270 g/mol. The predicted molar refractivity (Wildman–Crippen MR) is 77.9 cm³/mol. The van der Waals surface area contributed by atoms with Gasteiger partial charge in [-0.1, -0.05) is 12.1 Å². The molecule has 2 aromatic rings. The van der Waals surface area contributed by atoms with E-state index in [1.165, 1.54) is 11.2 Å². The van der Waals surface area contributed by atoms with E-state index in [0.717, 1.165) is 11.3 Å². The van der Waals surface area contributed by atoms with Gasteiger partial charge in [-0.05, 0) is 24.6 Å². The molecule has 2 amide bonds. The zero-order valence-electron chi connectivity index (χ0n) is 12.1. The van der Waals surface area contributed by atoms with Gasteiger partial charge >= 0.3 is 6.03 Å². The summed E-state index contributed by atoms with van der Waals surface area (Å²) in [4.78, 5) is 17.1. The van der Waals surface area contributed by atoms with Crippen LogP contribution in [0.2, 0.25) is 0 Å². The average Bonchev–Trinajstić information content (AvgIpc) is 2.98.